The number of Topliss-reactive ketones (excluding diaryl/α,β-unsaturated/α-hetero) is 1. The van der Waals surface area contributed by atoms with Gasteiger partial charge in [0.1, 0.15) is 21.6 Å². The number of anilines is 2. The highest BCUT2D eigenvalue weighted by Gasteiger charge is 2.67. The lowest BCUT2D eigenvalue weighted by Gasteiger charge is -2.11. The Morgan fingerprint density at radius 1 is 0.917 bits per heavy atom. The van der Waals surface area contributed by atoms with Gasteiger partial charge in [-0.05, 0) is 47.5 Å². The van der Waals surface area contributed by atoms with Crippen molar-refractivity contribution in [3.8, 4) is 0 Å². The van der Waals surface area contributed by atoms with Crippen molar-refractivity contribution in [3.63, 3.8) is 0 Å². The molecule has 0 heterocycles. The lowest BCUT2D eigenvalue weighted by molar-refractivity contribution is -0.119. The van der Waals surface area contributed by atoms with Gasteiger partial charge < -0.3 is 11.1 Å². The van der Waals surface area contributed by atoms with Crippen LogP contribution in [0.3, 0.4) is 0 Å². The second-order valence-corrected chi connectivity index (χ2v) is 10.0. The molecule has 0 aromatic heterocycles. The summed E-state index contributed by atoms with van der Waals surface area (Å²) in [4.78, 5) is 25.6. The molecule has 0 aliphatic heterocycles. The zero-order valence-corrected chi connectivity index (χ0v) is 20.1. The van der Waals surface area contributed by atoms with Gasteiger partial charge in [-0.1, -0.05) is 17.7 Å². The molecule has 3 N–H and O–H groups in total. The molecular weight excluding hydrogens is 550 g/mol. The molecule has 0 spiro atoms. The number of halogens is 8. The van der Waals surface area contributed by atoms with Crippen molar-refractivity contribution >= 4 is 57.9 Å². The number of benzene rings is 3. The molecule has 1 fully saturated rings. The third-order valence-electron chi connectivity index (χ3n) is 5.79. The van der Waals surface area contributed by atoms with Crippen LogP contribution in [0.25, 0.3) is 0 Å². The fourth-order valence-corrected chi connectivity index (χ4v) is 5.00. The Bertz CT molecular complexity index is 1390. The van der Waals surface area contributed by atoms with Crippen LogP contribution in [0.4, 0.5) is 33.3 Å². The summed E-state index contributed by atoms with van der Waals surface area (Å²) in [7, 11) is 0. The van der Waals surface area contributed by atoms with Crippen LogP contribution >= 0.6 is 34.8 Å². The van der Waals surface area contributed by atoms with Crippen LogP contribution < -0.4 is 11.1 Å². The summed E-state index contributed by atoms with van der Waals surface area (Å²) in [5, 5.41) is 2.21. The molecule has 0 radical (unpaired) electrons. The molecule has 2 unspecified atom stereocenters. The number of amides is 1. The van der Waals surface area contributed by atoms with E-state index < -0.39 is 62.6 Å². The number of ketones is 1. The van der Waals surface area contributed by atoms with Crippen molar-refractivity contribution < 1.29 is 31.5 Å². The number of nitrogens with two attached hydrogens (primary N) is 1. The van der Waals surface area contributed by atoms with Gasteiger partial charge in [-0.3, -0.25) is 9.59 Å². The lowest BCUT2D eigenvalue weighted by atomic mass is 10.0. The van der Waals surface area contributed by atoms with Gasteiger partial charge >= 0.3 is 0 Å². The zero-order valence-electron chi connectivity index (χ0n) is 17.8. The number of hydrogen-bond acceptors (Lipinski definition) is 3. The minimum atomic E-state index is -1.68. The topological polar surface area (TPSA) is 72.2 Å². The van der Waals surface area contributed by atoms with Crippen LogP contribution in [0.1, 0.15) is 27.4 Å². The maximum Gasteiger partial charge on any atom is 0.257 e. The van der Waals surface area contributed by atoms with Crippen LogP contribution in [0.5, 0.6) is 0 Å². The van der Waals surface area contributed by atoms with Crippen molar-refractivity contribution in [2.24, 2.45) is 5.92 Å². The molecule has 1 aliphatic rings. The van der Waals surface area contributed by atoms with Crippen LogP contribution in [0.2, 0.25) is 5.02 Å². The Morgan fingerprint density at radius 2 is 1.56 bits per heavy atom. The second-order valence-electron chi connectivity index (χ2n) is 8.16. The van der Waals surface area contributed by atoms with Gasteiger partial charge in [0.25, 0.3) is 5.91 Å². The average molecular weight is 564 g/mol. The highest BCUT2D eigenvalue weighted by atomic mass is 35.5. The Labute approximate surface area is 216 Å². The summed E-state index contributed by atoms with van der Waals surface area (Å²) >= 11 is 18.5. The molecule has 3 aromatic rings. The Balaban J connectivity index is 1.53. The first-order valence-electron chi connectivity index (χ1n) is 10.2. The van der Waals surface area contributed by atoms with Crippen LogP contribution in [-0.2, 0) is 11.2 Å². The summed E-state index contributed by atoms with van der Waals surface area (Å²) in [5.74, 6) is -10.1. The van der Waals surface area contributed by atoms with Crippen molar-refractivity contribution in [2.45, 2.75) is 16.7 Å². The zero-order chi connectivity index (χ0) is 26.5. The maximum absolute atomic E-state index is 14.2. The van der Waals surface area contributed by atoms with E-state index >= 15 is 0 Å². The molecule has 4 nitrogen and oxygen atoms in total. The van der Waals surface area contributed by atoms with E-state index in [-0.39, 0.29) is 28.3 Å². The first-order chi connectivity index (χ1) is 16.8. The molecule has 36 heavy (non-hydrogen) atoms. The third kappa shape index (κ3) is 4.75. The molecule has 1 amide bonds. The van der Waals surface area contributed by atoms with Gasteiger partial charge in [-0.2, -0.15) is 0 Å². The molecule has 1 aliphatic carbocycles. The van der Waals surface area contributed by atoms with Gasteiger partial charge in [0.15, 0.2) is 23.3 Å². The summed E-state index contributed by atoms with van der Waals surface area (Å²) < 4.78 is 66.4. The molecule has 188 valence electrons. The van der Waals surface area contributed by atoms with Gasteiger partial charge in [-0.15, -0.1) is 23.2 Å². The highest BCUT2D eigenvalue weighted by Crippen LogP contribution is 2.65. The monoisotopic (exact) mass is 562 g/mol. The predicted octanol–water partition coefficient (Wildman–Crippen LogP) is 6.57. The normalized spacial score (nSPS) is 18.1. The SMILES string of the molecule is Nc1c(F)ccc(NC(=O)c2cc(CC(=O)C3C(c4cc(F)c(F)c(F)c4)C3(Cl)Cl)ccc2Cl)c1F. The van der Waals surface area contributed by atoms with Crippen molar-refractivity contribution in [2.75, 3.05) is 11.1 Å². The quantitative estimate of drug-likeness (QED) is 0.154. The van der Waals surface area contributed by atoms with E-state index in [0.29, 0.717) is 5.56 Å². The lowest BCUT2D eigenvalue weighted by Crippen LogP contribution is -2.16. The van der Waals surface area contributed by atoms with Crippen molar-refractivity contribution in [1.29, 1.82) is 0 Å². The van der Waals surface area contributed by atoms with E-state index in [4.69, 9.17) is 40.5 Å². The first kappa shape index (κ1) is 26.2. The van der Waals surface area contributed by atoms with E-state index in [0.717, 1.165) is 24.3 Å². The minimum absolute atomic E-state index is 0.0233. The fourth-order valence-electron chi connectivity index (χ4n) is 3.92. The van der Waals surface area contributed by atoms with E-state index in [1.54, 1.807) is 0 Å². The van der Waals surface area contributed by atoms with Crippen molar-refractivity contribution in [1.82, 2.24) is 0 Å². The number of carbonyl (C=O) groups excluding carboxylic acids is 2. The molecule has 4 rings (SSSR count). The Morgan fingerprint density at radius 3 is 2.19 bits per heavy atom. The average Bonchev–Trinajstić information content (AvgIpc) is 3.40. The minimum Gasteiger partial charge on any atom is -0.394 e. The first-order valence-corrected chi connectivity index (χ1v) is 11.3. The number of alkyl halides is 2. The number of nitrogens with one attached hydrogen (secondary N) is 1. The molecule has 1 saturated carbocycles. The molecule has 0 saturated heterocycles. The molecule has 3 aromatic carbocycles. The van der Waals surface area contributed by atoms with Gasteiger partial charge in [0.2, 0.25) is 0 Å². The smallest absolute Gasteiger partial charge is 0.257 e. The summed E-state index contributed by atoms with van der Waals surface area (Å²) in [6.07, 6.45) is -0.288. The molecule has 0 bridgehead atoms. The summed E-state index contributed by atoms with van der Waals surface area (Å²) in [6.45, 7) is 0. The van der Waals surface area contributed by atoms with E-state index in [2.05, 4.69) is 5.32 Å². The number of nitrogen functional groups attached to an aromatic ring is 1. The van der Waals surface area contributed by atoms with Crippen LogP contribution in [-0.4, -0.2) is 16.0 Å². The number of hydrogen-bond donors (Lipinski definition) is 2. The van der Waals surface area contributed by atoms with E-state index in [1.165, 1.54) is 18.2 Å². The van der Waals surface area contributed by atoms with Gasteiger partial charge in [0.05, 0.1) is 22.2 Å². The number of rotatable bonds is 6. The van der Waals surface area contributed by atoms with Crippen molar-refractivity contribution in [3.05, 3.63) is 93.3 Å². The predicted molar refractivity (Wildman–Crippen MR) is 126 cm³/mol. The second kappa shape index (κ2) is 9.53. The number of carbonyl (C=O) groups is 2. The van der Waals surface area contributed by atoms with Gasteiger partial charge in [-0.25, -0.2) is 22.0 Å². The maximum atomic E-state index is 14.2. The Kier molecular flexibility index (Phi) is 6.94. The summed E-state index contributed by atoms with van der Waals surface area (Å²) in [5.41, 5.74) is 4.24. The van der Waals surface area contributed by atoms with E-state index in [1.807, 2.05) is 0 Å². The fraction of sp³-hybridized carbons (Fsp3) is 0.167. The van der Waals surface area contributed by atoms with Gasteiger partial charge in [0, 0.05) is 12.3 Å². The Hall–Kier alpha value is -2.88. The van der Waals surface area contributed by atoms with E-state index in [9.17, 15) is 31.5 Å². The third-order valence-corrected chi connectivity index (χ3v) is 7.06. The molecular formula is C24H14Cl3F5N2O2. The standard InChI is InChI=1S/C24H14Cl3F5N2O2/c25-12-2-1-9(5-11(12)23(36)34-16-4-3-13(28)22(33)21(16)32)6-17(35)19-18(24(19,26)27)10-7-14(29)20(31)15(30)8-10/h1-5,7-8,18-19H,6,33H2,(H,34,36). The molecule has 12 heteroatoms. The van der Waals surface area contributed by atoms with Crippen LogP contribution in [0.15, 0.2) is 42.5 Å². The molecule has 2 atom stereocenters. The highest BCUT2D eigenvalue weighted by molar-refractivity contribution is 6.53. The van der Waals surface area contributed by atoms with Crippen LogP contribution in [0, 0.1) is 35.0 Å². The summed E-state index contributed by atoms with van der Waals surface area (Å²) in [6, 6.07) is 7.36. The largest absolute Gasteiger partial charge is 0.394 e.